The third-order valence-corrected chi connectivity index (χ3v) is 5.69. The number of ketones is 1. The number of halogens is 2. The van der Waals surface area contributed by atoms with Gasteiger partial charge in [-0.15, -0.1) is 0 Å². The van der Waals surface area contributed by atoms with Gasteiger partial charge in [-0.05, 0) is 47.5 Å². The molecule has 2 aromatic rings. The van der Waals surface area contributed by atoms with E-state index in [9.17, 15) is 14.0 Å². The summed E-state index contributed by atoms with van der Waals surface area (Å²) in [6.45, 7) is 3.64. The molecule has 6 nitrogen and oxygen atoms in total. The van der Waals surface area contributed by atoms with E-state index in [1.807, 2.05) is 0 Å². The van der Waals surface area contributed by atoms with Crippen LogP contribution in [-0.2, 0) is 16.6 Å². The number of fused-ring (bicyclic) bond motifs is 2. The molecule has 0 spiro atoms. The lowest BCUT2D eigenvalue weighted by Gasteiger charge is -2.40. The smallest absolute Gasteiger partial charge is 0.270 e. The number of carbonyl (C=O) groups is 1. The van der Waals surface area contributed by atoms with Gasteiger partial charge < -0.3 is 4.74 Å². The lowest BCUT2D eigenvalue weighted by molar-refractivity contribution is -0.144. The van der Waals surface area contributed by atoms with E-state index in [2.05, 4.69) is 26.0 Å². The Morgan fingerprint density at radius 1 is 1.35 bits per heavy atom. The van der Waals surface area contributed by atoms with Gasteiger partial charge in [-0.25, -0.2) is 9.38 Å². The summed E-state index contributed by atoms with van der Waals surface area (Å²) in [7, 11) is 1.69. The molecular formula is C18H17BrFN3O3. The molecule has 1 aromatic carbocycles. The number of nitrogens with zero attached hydrogens (tertiary/aromatic N) is 2. The number of aromatic amines is 1. The van der Waals surface area contributed by atoms with Crippen molar-refractivity contribution in [3.05, 3.63) is 50.0 Å². The number of rotatable bonds is 1. The number of nitrogens with one attached hydrogen (secondary N) is 1. The number of aromatic nitrogens is 2. The maximum Gasteiger partial charge on any atom is 0.270 e. The van der Waals surface area contributed by atoms with Crippen LogP contribution in [0.3, 0.4) is 0 Å². The van der Waals surface area contributed by atoms with Gasteiger partial charge in [0.05, 0.1) is 28.3 Å². The maximum absolute atomic E-state index is 13.7. The van der Waals surface area contributed by atoms with Crippen LogP contribution in [-0.4, -0.2) is 33.5 Å². The first-order valence-electron chi connectivity index (χ1n) is 8.20. The van der Waals surface area contributed by atoms with Gasteiger partial charge in [0.1, 0.15) is 11.4 Å². The van der Waals surface area contributed by atoms with Crippen LogP contribution in [0.4, 0.5) is 10.2 Å². The minimum atomic E-state index is -0.974. The predicted molar refractivity (Wildman–Crippen MR) is 97.6 cm³/mol. The largest absolute Gasteiger partial charge is 0.362 e. The van der Waals surface area contributed by atoms with Crippen molar-refractivity contribution in [3.8, 4) is 0 Å². The molecule has 0 aliphatic carbocycles. The van der Waals surface area contributed by atoms with E-state index in [0.717, 1.165) is 0 Å². The number of benzene rings is 1. The molecule has 2 unspecified atom stereocenters. The first-order valence-corrected chi connectivity index (χ1v) is 8.99. The molecule has 1 fully saturated rings. The predicted octanol–water partition coefficient (Wildman–Crippen LogP) is 2.83. The second-order valence-corrected chi connectivity index (χ2v) is 7.99. The lowest BCUT2D eigenvalue weighted by atomic mass is 9.71. The van der Waals surface area contributed by atoms with Crippen molar-refractivity contribution in [3.63, 3.8) is 0 Å². The number of carbonyl (C=O) groups excluding carboxylic acids is 1. The number of aryl methyl sites for hydroxylation is 1. The highest BCUT2D eigenvalue weighted by Crippen LogP contribution is 2.44. The van der Waals surface area contributed by atoms with Gasteiger partial charge in [-0.1, -0.05) is 6.07 Å². The number of hydrogen-bond acceptors (Lipinski definition) is 4. The molecule has 0 bridgehead atoms. The Hall–Kier alpha value is -2.06. The molecule has 4 rings (SSSR count). The zero-order valence-electron chi connectivity index (χ0n) is 14.5. The van der Waals surface area contributed by atoms with E-state index >= 15 is 0 Å². The minimum absolute atomic E-state index is 0.137. The summed E-state index contributed by atoms with van der Waals surface area (Å²) >= 11 is 3.20. The molecule has 2 aliphatic heterocycles. The van der Waals surface area contributed by atoms with Crippen LogP contribution >= 0.6 is 15.9 Å². The Labute approximate surface area is 157 Å². The Morgan fingerprint density at radius 2 is 2.08 bits per heavy atom. The van der Waals surface area contributed by atoms with E-state index in [0.29, 0.717) is 22.7 Å². The standard InChI is InChI=1S/C18H17BrFN3O3/c1-18(2)15(24)13-11(7-26-18)21-16-14(17(25)22-23(16)3)12(13)8-4-5-10(20)9(19)6-8/h4-6,12-13H,7H2,1-3H3,(H,22,25). The quantitative estimate of drug-likeness (QED) is 0.768. The fourth-order valence-electron chi connectivity index (χ4n) is 3.72. The zero-order valence-corrected chi connectivity index (χ0v) is 16.1. The summed E-state index contributed by atoms with van der Waals surface area (Å²) in [5.41, 5.74) is 0.415. The number of hydrogen-bond donors (Lipinski definition) is 1. The molecule has 3 heterocycles. The average Bonchev–Trinajstić information content (AvgIpc) is 2.86. The van der Waals surface area contributed by atoms with E-state index in [-0.39, 0.29) is 22.4 Å². The summed E-state index contributed by atoms with van der Waals surface area (Å²) in [5.74, 6) is -1.23. The number of Topliss-reactive ketones (excluding diaryl/α,β-unsaturated/α-hetero) is 1. The molecule has 2 atom stereocenters. The summed E-state index contributed by atoms with van der Waals surface area (Å²) in [6.07, 6.45) is 0. The van der Waals surface area contributed by atoms with Crippen LogP contribution in [0.25, 0.3) is 0 Å². The molecule has 0 saturated carbocycles. The minimum Gasteiger partial charge on any atom is -0.362 e. The van der Waals surface area contributed by atoms with E-state index in [1.165, 1.54) is 10.7 Å². The maximum atomic E-state index is 13.7. The Kier molecular flexibility index (Phi) is 3.82. The van der Waals surface area contributed by atoms with E-state index in [4.69, 9.17) is 4.74 Å². The van der Waals surface area contributed by atoms with E-state index in [1.54, 1.807) is 33.0 Å². The molecule has 136 valence electrons. The molecule has 0 radical (unpaired) electrons. The van der Waals surface area contributed by atoms with Gasteiger partial charge in [0.2, 0.25) is 0 Å². The first kappa shape index (κ1) is 17.4. The topological polar surface area (TPSA) is 76.4 Å². The van der Waals surface area contributed by atoms with Crippen molar-refractivity contribution in [2.75, 3.05) is 6.61 Å². The summed E-state index contributed by atoms with van der Waals surface area (Å²) in [6, 6.07) is 4.56. The highest BCUT2D eigenvalue weighted by Gasteiger charge is 2.50. The van der Waals surface area contributed by atoms with Gasteiger partial charge >= 0.3 is 0 Å². The highest BCUT2D eigenvalue weighted by atomic mass is 79.9. The average molecular weight is 422 g/mol. The SMILES string of the molecule is Cn1[nH]c(=O)c2c1N=C1COC(C)(C)C(=O)C1C2c1ccc(F)c(Br)c1. The van der Waals surface area contributed by atoms with Crippen LogP contribution in [0, 0.1) is 11.7 Å². The fourth-order valence-corrected chi connectivity index (χ4v) is 4.11. The van der Waals surface area contributed by atoms with Gasteiger partial charge in [0.25, 0.3) is 5.56 Å². The molecule has 0 amide bonds. The molecule has 1 aromatic heterocycles. The van der Waals surface area contributed by atoms with Crippen molar-refractivity contribution in [1.82, 2.24) is 9.78 Å². The van der Waals surface area contributed by atoms with Crippen LogP contribution in [0.15, 0.2) is 32.5 Å². The van der Waals surface area contributed by atoms with Crippen molar-refractivity contribution in [2.45, 2.75) is 25.4 Å². The summed E-state index contributed by atoms with van der Waals surface area (Å²) in [4.78, 5) is 30.3. The monoisotopic (exact) mass is 421 g/mol. The van der Waals surface area contributed by atoms with Crippen molar-refractivity contribution in [1.29, 1.82) is 0 Å². The molecule has 1 saturated heterocycles. The van der Waals surface area contributed by atoms with Crippen LogP contribution in [0.5, 0.6) is 0 Å². The van der Waals surface area contributed by atoms with Gasteiger partial charge in [0, 0.05) is 13.0 Å². The van der Waals surface area contributed by atoms with Crippen molar-refractivity contribution in [2.24, 2.45) is 18.0 Å². The number of aliphatic imine (C=N–C) groups is 1. The summed E-state index contributed by atoms with van der Waals surface area (Å²) in [5, 5.41) is 2.71. The third-order valence-electron chi connectivity index (χ3n) is 5.08. The second-order valence-electron chi connectivity index (χ2n) is 7.13. The normalized spacial score (nSPS) is 24.0. The Bertz CT molecular complexity index is 1020. The second kappa shape index (κ2) is 5.72. The number of H-pyrrole nitrogens is 1. The fraction of sp³-hybridized carbons (Fsp3) is 0.389. The first-order chi connectivity index (χ1) is 12.2. The Balaban J connectivity index is 1.99. The van der Waals surface area contributed by atoms with E-state index < -0.39 is 23.3 Å². The van der Waals surface area contributed by atoms with Crippen molar-refractivity contribution >= 4 is 33.2 Å². The number of ether oxygens (including phenoxy) is 1. The lowest BCUT2D eigenvalue weighted by Crippen LogP contribution is -2.53. The zero-order chi connectivity index (χ0) is 18.8. The van der Waals surface area contributed by atoms with Gasteiger partial charge in [0.15, 0.2) is 11.6 Å². The molecular weight excluding hydrogens is 405 g/mol. The molecule has 2 aliphatic rings. The van der Waals surface area contributed by atoms with Crippen LogP contribution < -0.4 is 5.56 Å². The van der Waals surface area contributed by atoms with Gasteiger partial charge in [-0.2, -0.15) is 0 Å². The van der Waals surface area contributed by atoms with Gasteiger partial charge in [-0.3, -0.25) is 19.4 Å². The Morgan fingerprint density at radius 3 is 2.77 bits per heavy atom. The molecule has 26 heavy (non-hydrogen) atoms. The molecule has 8 heteroatoms. The van der Waals surface area contributed by atoms with Crippen LogP contribution in [0.2, 0.25) is 0 Å². The van der Waals surface area contributed by atoms with Crippen LogP contribution in [0.1, 0.15) is 30.9 Å². The third kappa shape index (κ3) is 2.43. The van der Waals surface area contributed by atoms with Crippen molar-refractivity contribution < 1.29 is 13.9 Å². The molecule has 1 N–H and O–H groups in total. The highest BCUT2D eigenvalue weighted by molar-refractivity contribution is 9.10. The summed E-state index contributed by atoms with van der Waals surface area (Å²) < 4.78 is 21.3.